The van der Waals surface area contributed by atoms with Crippen LogP contribution in [0.4, 0.5) is 0 Å². The highest BCUT2D eigenvalue weighted by atomic mass is 16.7. The van der Waals surface area contributed by atoms with Gasteiger partial charge in [-0.2, -0.15) is 0 Å². The zero-order valence-corrected chi connectivity index (χ0v) is 56.0. The summed E-state index contributed by atoms with van der Waals surface area (Å²) in [4.78, 5) is 26.7. The Morgan fingerprint density at radius 1 is 0.447 bits per heavy atom. The van der Waals surface area contributed by atoms with Crippen molar-refractivity contribution in [2.24, 2.45) is 0 Å². The van der Waals surface area contributed by atoms with E-state index in [1.165, 1.54) is 257 Å². The highest BCUT2D eigenvalue weighted by Crippen LogP contribution is 2.27. The molecular weight excluding hydrogens is 1060 g/mol. The summed E-state index contributed by atoms with van der Waals surface area (Å²) in [5, 5.41) is 57.3. The van der Waals surface area contributed by atoms with Gasteiger partial charge in [0.2, 0.25) is 5.91 Å². The Hall–Kier alpha value is -1.86. The Morgan fingerprint density at radius 2 is 0.776 bits per heavy atom. The quantitative estimate of drug-likeness (QED) is 0.0195. The molecule has 85 heavy (non-hydrogen) atoms. The second-order valence-corrected chi connectivity index (χ2v) is 26.0. The van der Waals surface area contributed by atoms with E-state index in [4.69, 9.17) is 14.2 Å². The first-order valence-electron chi connectivity index (χ1n) is 37.1. The molecule has 1 amide bonds. The molecule has 0 aromatic heterocycles. The molecule has 1 aliphatic heterocycles. The number of ether oxygens (including phenoxy) is 3. The van der Waals surface area contributed by atoms with Crippen LogP contribution in [0.2, 0.25) is 0 Å². The molecule has 0 radical (unpaired) electrons. The third kappa shape index (κ3) is 49.6. The van der Waals surface area contributed by atoms with E-state index < -0.39 is 67.4 Å². The van der Waals surface area contributed by atoms with Crippen LogP contribution in [-0.2, 0) is 23.8 Å². The van der Waals surface area contributed by atoms with Gasteiger partial charge in [0.25, 0.3) is 0 Å². The highest BCUT2D eigenvalue weighted by Gasteiger charge is 2.47. The van der Waals surface area contributed by atoms with Crippen molar-refractivity contribution in [3.63, 3.8) is 0 Å². The molecule has 0 aliphatic carbocycles. The van der Waals surface area contributed by atoms with Crippen molar-refractivity contribution in [3.05, 3.63) is 24.3 Å². The molecule has 0 spiro atoms. The Balaban J connectivity index is 2.52. The van der Waals surface area contributed by atoms with Gasteiger partial charge in [-0.25, -0.2) is 0 Å². The molecule has 502 valence electrons. The normalized spacial score (nSPS) is 18.4. The van der Waals surface area contributed by atoms with Crippen molar-refractivity contribution in [1.29, 1.82) is 0 Å². The number of carbonyl (C=O) groups excluding carboxylic acids is 2. The molecule has 1 aliphatic rings. The lowest BCUT2D eigenvalue weighted by molar-refractivity contribution is -0.305. The molecule has 1 heterocycles. The van der Waals surface area contributed by atoms with E-state index in [1.807, 2.05) is 6.08 Å². The van der Waals surface area contributed by atoms with Gasteiger partial charge in [0.1, 0.15) is 24.4 Å². The molecule has 1 saturated heterocycles. The van der Waals surface area contributed by atoms with Crippen LogP contribution < -0.4 is 5.32 Å². The van der Waals surface area contributed by atoms with Gasteiger partial charge in [0.05, 0.1) is 25.4 Å². The summed E-state index contributed by atoms with van der Waals surface area (Å²) in [6, 6.07) is -1.02. The molecule has 6 N–H and O–H groups in total. The number of hydrogen-bond acceptors (Lipinski definition) is 10. The Bertz CT molecular complexity index is 1480. The lowest BCUT2D eigenvalue weighted by Gasteiger charge is -2.41. The number of unbranched alkanes of at least 4 members (excludes halogenated alkanes) is 49. The maximum Gasteiger partial charge on any atom is 0.306 e. The fourth-order valence-corrected chi connectivity index (χ4v) is 12.0. The lowest BCUT2D eigenvalue weighted by atomic mass is 9.99. The monoisotopic (exact) mass is 1200 g/mol. The smallest absolute Gasteiger partial charge is 0.306 e. The fourth-order valence-electron chi connectivity index (χ4n) is 12.0. The maximum atomic E-state index is 13.5. The summed E-state index contributed by atoms with van der Waals surface area (Å²) in [7, 11) is 0. The van der Waals surface area contributed by atoms with Crippen LogP contribution in [0.5, 0.6) is 0 Å². The second kappa shape index (κ2) is 62.3. The van der Waals surface area contributed by atoms with Crippen molar-refractivity contribution < 1.29 is 49.3 Å². The summed E-state index contributed by atoms with van der Waals surface area (Å²) in [6.07, 6.45) is 65.2. The van der Waals surface area contributed by atoms with Gasteiger partial charge in [-0.1, -0.05) is 340 Å². The minimum atomic E-state index is -1.61. The third-order valence-corrected chi connectivity index (χ3v) is 17.9. The number of aliphatic hydroxyl groups is 5. The second-order valence-electron chi connectivity index (χ2n) is 26.0. The molecule has 0 bridgehead atoms. The van der Waals surface area contributed by atoms with Gasteiger partial charge in [0.15, 0.2) is 12.4 Å². The van der Waals surface area contributed by atoms with Gasteiger partial charge in [-0.15, -0.1) is 0 Å². The first-order chi connectivity index (χ1) is 41.7. The van der Waals surface area contributed by atoms with Crippen LogP contribution in [0.3, 0.4) is 0 Å². The van der Waals surface area contributed by atoms with Crippen molar-refractivity contribution in [3.8, 4) is 0 Å². The van der Waals surface area contributed by atoms with E-state index >= 15 is 0 Å². The molecule has 11 heteroatoms. The number of nitrogens with one attached hydrogen (secondary N) is 1. The number of rotatable bonds is 65. The van der Waals surface area contributed by atoms with Crippen LogP contribution in [0.15, 0.2) is 24.3 Å². The SMILES string of the molecule is CCCCCCCC/C=C/CCCCCCCCC(O)C(=O)NC(COC1OC(CO)C(O)C(O)C1OC(=O)CCCCCCCCCCCCCCCCCCCCCCCCCCCCC)C(O)/C=C/CCCCCCCCCCCCC. The van der Waals surface area contributed by atoms with Crippen LogP contribution in [-0.4, -0.2) is 99.6 Å². The molecule has 0 aromatic rings. The predicted molar refractivity (Wildman–Crippen MR) is 357 cm³/mol. The minimum Gasteiger partial charge on any atom is -0.454 e. The average molecular weight is 1200 g/mol. The van der Waals surface area contributed by atoms with E-state index in [0.717, 1.165) is 70.6 Å². The van der Waals surface area contributed by atoms with E-state index in [1.54, 1.807) is 6.08 Å². The number of allylic oxidation sites excluding steroid dienone is 3. The van der Waals surface area contributed by atoms with E-state index in [9.17, 15) is 35.1 Å². The molecule has 1 fully saturated rings. The Labute approximate surface area is 524 Å². The van der Waals surface area contributed by atoms with Crippen LogP contribution >= 0.6 is 0 Å². The minimum absolute atomic E-state index is 0.130. The number of esters is 1. The predicted octanol–water partition coefficient (Wildman–Crippen LogP) is 19.2. The van der Waals surface area contributed by atoms with Gasteiger partial charge in [-0.3, -0.25) is 9.59 Å². The van der Waals surface area contributed by atoms with Crippen LogP contribution in [0, 0.1) is 0 Å². The van der Waals surface area contributed by atoms with E-state index in [2.05, 4.69) is 38.2 Å². The average Bonchev–Trinajstić information content (AvgIpc) is 3.13. The number of aliphatic hydroxyl groups excluding tert-OH is 5. The third-order valence-electron chi connectivity index (χ3n) is 17.9. The standard InChI is InChI=1S/C74H141NO10/c1-4-7-10-13-16-19-22-25-27-29-30-31-32-33-34-35-36-37-38-39-41-44-47-50-53-56-59-62-69(79)85-72-71(81)70(80)68(63-76)84-74(72)83-64-65(66(77)60-57-54-51-48-45-42-24-21-18-15-12-9-6-3)75-73(82)67(78)61-58-55-52-49-46-43-40-28-26-23-20-17-14-11-8-5-2/h26,28,57,60,65-68,70-72,74,76-78,80-81H,4-25,27,29-56,58-59,61-64H2,1-3H3,(H,75,82)/b28-26+,60-57+. The van der Waals surface area contributed by atoms with Gasteiger partial charge < -0.3 is 45.1 Å². The molecule has 11 nitrogen and oxygen atoms in total. The van der Waals surface area contributed by atoms with Crippen molar-refractivity contribution in [2.75, 3.05) is 13.2 Å². The lowest BCUT2D eigenvalue weighted by Crippen LogP contribution is -2.61. The van der Waals surface area contributed by atoms with Crippen molar-refractivity contribution in [2.45, 2.75) is 423 Å². The van der Waals surface area contributed by atoms with Gasteiger partial charge in [0, 0.05) is 6.42 Å². The molecule has 1 rings (SSSR count). The molecule has 0 saturated carbocycles. The van der Waals surface area contributed by atoms with Crippen molar-refractivity contribution in [1.82, 2.24) is 5.32 Å². The maximum absolute atomic E-state index is 13.5. The first-order valence-corrected chi connectivity index (χ1v) is 37.1. The number of carbonyl (C=O) groups is 2. The van der Waals surface area contributed by atoms with Crippen LogP contribution in [0.25, 0.3) is 0 Å². The number of hydrogen-bond donors (Lipinski definition) is 6. The molecule has 8 unspecified atom stereocenters. The zero-order chi connectivity index (χ0) is 61.7. The van der Waals surface area contributed by atoms with Gasteiger partial charge >= 0.3 is 5.97 Å². The summed E-state index contributed by atoms with van der Waals surface area (Å²) in [6.45, 7) is 5.85. The fraction of sp³-hybridized carbons (Fsp3) is 0.919. The first kappa shape index (κ1) is 81.2. The summed E-state index contributed by atoms with van der Waals surface area (Å²) >= 11 is 0. The topological polar surface area (TPSA) is 175 Å². The Morgan fingerprint density at radius 3 is 1.14 bits per heavy atom. The number of amides is 1. The molecule has 8 atom stereocenters. The summed E-state index contributed by atoms with van der Waals surface area (Å²) in [5.74, 6) is -1.18. The van der Waals surface area contributed by atoms with Crippen LogP contribution in [0.1, 0.15) is 374 Å². The van der Waals surface area contributed by atoms with E-state index in [-0.39, 0.29) is 19.4 Å². The Kier molecular flexibility index (Phi) is 59.5. The van der Waals surface area contributed by atoms with Crippen molar-refractivity contribution >= 4 is 11.9 Å². The summed E-state index contributed by atoms with van der Waals surface area (Å²) < 4.78 is 17.7. The van der Waals surface area contributed by atoms with E-state index in [0.29, 0.717) is 12.8 Å². The largest absolute Gasteiger partial charge is 0.454 e. The molecular formula is C74H141NO10. The summed E-state index contributed by atoms with van der Waals surface area (Å²) in [5.41, 5.74) is 0. The zero-order valence-electron chi connectivity index (χ0n) is 56.0. The van der Waals surface area contributed by atoms with Gasteiger partial charge in [-0.05, 0) is 51.4 Å². The highest BCUT2D eigenvalue weighted by molar-refractivity contribution is 5.80. The molecule has 0 aromatic carbocycles.